The number of hydrogen-bond donors (Lipinski definition) is 1. The van der Waals surface area contributed by atoms with Crippen molar-refractivity contribution in [1.82, 2.24) is 0 Å². The second-order valence-electron chi connectivity index (χ2n) is 6.03. The highest BCUT2D eigenvalue weighted by atomic mass is 16.5. The lowest BCUT2D eigenvalue weighted by Crippen LogP contribution is -2.17. The molecule has 1 fully saturated rings. The van der Waals surface area contributed by atoms with Gasteiger partial charge in [0.15, 0.2) is 5.78 Å². The van der Waals surface area contributed by atoms with E-state index in [0.29, 0.717) is 29.2 Å². The molecule has 1 saturated heterocycles. The normalized spacial score (nSPS) is 16.4. The van der Waals surface area contributed by atoms with Crippen molar-refractivity contribution >= 4 is 17.4 Å². The van der Waals surface area contributed by atoms with Crippen LogP contribution in [-0.4, -0.2) is 31.0 Å². The molecule has 1 aliphatic heterocycles. The molecule has 1 atom stereocenters. The Hall–Kier alpha value is -2.66. The van der Waals surface area contributed by atoms with Crippen molar-refractivity contribution in [3.8, 4) is 5.75 Å². The molecule has 0 spiro atoms. The van der Waals surface area contributed by atoms with Crippen LogP contribution in [0.4, 0.5) is 5.69 Å². The van der Waals surface area contributed by atoms with E-state index in [2.05, 4.69) is 5.32 Å². The van der Waals surface area contributed by atoms with Gasteiger partial charge < -0.3 is 14.8 Å². The molecule has 1 heterocycles. The molecule has 5 nitrogen and oxygen atoms in total. The van der Waals surface area contributed by atoms with Gasteiger partial charge in [-0.2, -0.15) is 0 Å². The summed E-state index contributed by atoms with van der Waals surface area (Å²) in [6.07, 6.45) is 2.19. The zero-order valence-corrected chi connectivity index (χ0v) is 14.2. The summed E-state index contributed by atoms with van der Waals surface area (Å²) in [6.45, 7) is 2.74. The van der Waals surface area contributed by atoms with Crippen LogP contribution in [0.25, 0.3) is 0 Å². The average molecular weight is 339 g/mol. The number of ether oxygens (including phenoxy) is 2. The highest BCUT2D eigenvalue weighted by Gasteiger charge is 2.16. The maximum atomic E-state index is 12.5. The topological polar surface area (TPSA) is 64.6 Å². The van der Waals surface area contributed by atoms with Crippen LogP contribution in [-0.2, 0) is 4.74 Å². The lowest BCUT2D eigenvalue weighted by Gasteiger charge is -2.13. The van der Waals surface area contributed by atoms with Gasteiger partial charge in [0.25, 0.3) is 5.91 Å². The molecular weight excluding hydrogens is 318 g/mol. The maximum Gasteiger partial charge on any atom is 0.255 e. The molecule has 25 heavy (non-hydrogen) atoms. The van der Waals surface area contributed by atoms with Gasteiger partial charge in [-0.25, -0.2) is 0 Å². The fraction of sp³-hybridized carbons (Fsp3) is 0.300. The average Bonchev–Trinajstić information content (AvgIpc) is 3.14. The summed E-state index contributed by atoms with van der Waals surface area (Å²) in [7, 11) is 0. The zero-order chi connectivity index (χ0) is 17.6. The van der Waals surface area contributed by atoms with E-state index in [1.807, 2.05) is 6.07 Å². The first kappa shape index (κ1) is 17.2. The number of anilines is 1. The van der Waals surface area contributed by atoms with Gasteiger partial charge in [0.1, 0.15) is 12.4 Å². The molecule has 1 aliphatic rings. The van der Waals surface area contributed by atoms with Crippen molar-refractivity contribution in [3.05, 3.63) is 59.7 Å². The van der Waals surface area contributed by atoms with Gasteiger partial charge in [0.2, 0.25) is 0 Å². The molecule has 1 amide bonds. The quantitative estimate of drug-likeness (QED) is 0.815. The maximum absolute atomic E-state index is 12.5. The Morgan fingerprint density at radius 2 is 2.04 bits per heavy atom. The third-order valence-electron chi connectivity index (χ3n) is 4.11. The number of carbonyl (C=O) groups is 2. The van der Waals surface area contributed by atoms with Crippen LogP contribution in [0.1, 0.15) is 40.5 Å². The minimum Gasteiger partial charge on any atom is -0.491 e. The second-order valence-corrected chi connectivity index (χ2v) is 6.03. The van der Waals surface area contributed by atoms with E-state index in [1.165, 1.54) is 6.92 Å². The lowest BCUT2D eigenvalue weighted by molar-refractivity contribution is 0.0679. The summed E-state index contributed by atoms with van der Waals surface area (Å²) < 4.78 is 11.3. The van der Waals surface area contributed by atoms with Gasteiger partial charge in [-0.05, 0) is 50.1 Å². The van der Waals surface area contributed by atoms with Crippen molar-refractivity contribution in [1.29, 1.82) is 0 Å². The van der Waals surface area contributed by atoms with Gasteiger partial charge in [-0.1, -0.05) is 18.2 Å². The Kier molecular flexibility index (Phi) is 5.46. The molecule has 0 radical (unpaired) electrons. The summed E-state index contributed by atoms with van der Waals surface area (Å²) in [4.78, 5) is 24.2. The van der Waals surface area contributed by atoms with E-state index in [1.54, 1.807) is 42.5 Å². The first-order valence-electron chi connectivity index (χ1n) is 8.39. The molecule has 5 heteroatoms. The monoisotopic (exact) mass is 339 g/mol. The number of amides is 1. The number of benzene rings is 2. The largest absolute Gasteiger partial charge is 0.491 e. The standard InChI is InChI=1S/C20H21NO4/c1-14(22)18-9-2-3-10-19(18)21-20(23)15-6-4-7-16(12-15)25-13-17-8-5-11-24-17/h2-4,6-7,9-10,12,17H,5,8,11,13H2,1H3,(H,21,23). The van der Waals surface area contributed by atoms with Crippen molar-refractivity contribution < 1.29 is 19.1 Å². The van der Waals surface area contributed by atoms with Crippen LogP contribution < -0.4 is 10.1 Å². The van der Waals surface area contributed by atoms with E-state index in [4.69, 9.17) is 9.47 Å². The zero-order valence-electron chi connectivity index (χ0n) is 14.2. The van der Waals surface area contributed by atoms with Gasteiger partial charge in [-0.3, -0.25) is 9.59 Å². The summed E-state index contributed by atoms with van der Waals surface area (Å²) >= 11 is 0. The predicted octanol–water partition coefficient (Wildman–Crippen LogP) is 3.70. The Morgan fingerprint density at radius 3 is 2.80 bits per heavy atom. The van der Waals surface area contributed by atoms with Gasteiger partial charge in [0.05, 0.1) is 11.8 Å². The lowest BCUT2D eigenvalue weighted by atomic mass is 10.1. The second kappa shape index (κ2) is 7.94. The molecule has 1 N–H and O–H groups in total. The highest BCUT2D eigenvalue weighted by molar-refractivity contribution is 6.09. The predicted molar refractivity (Wildman–Crippen MR) is 95.3 cm³/mol. The minimum atomic E-state index is -0.281. The fourth-order valence-corrected chi connectivity index (χ4v) is 2.79. The van der Waals surface area contributed by atoms with Gasteiger partial charge in [-0.15, -0.1) is 0 Å². The number of Topliss-reactive ketones (excluding diaryl/α,β-unsaturated/α-hetero) is 1. The first-order valence-corrected chi connectivity index (χ1v) is 8.39. The van der Waals surface area contributed by atoms with E-state index < -0.39 is 0 Å². The van der Waals surface area contributed by atoms with Gasteiger partial charge >= 0.3 is 0 Å². The molecule has 0 aromatic heterocycles. The van der Waals surface area contributed by atoms with Crippen LogP contribution in [0.2, 0.25) is 0 Å². The number of hydrogen-bond acceptors (Lipinski definition) is 4. The third kappa shape index (κ3) is 4.45. The first-order chi connectivity index (χ1) is 12.1. The van der Waals surface area contributed by atoms with E-state index in [9.17, 15) is 9.59 Å². The highest BCUT2D eigenvalue weighted by Crippen LogP contribution is 2.20. The molecule has 0 saturated carbocycles. The molecule has 2 aromatic rings. The molecule has 130 valence electrons. The van der Waals surface area contributed by atoms with E-state index in [0.717, 1.165) is 19.4 Å². The summed E-state index contributed by atoms with van der Waals surface area (Å²) in [5.74, 6) is 0.254. The number of ketones is 1. The Morgan fingerprint density at radius 1 is 1.20 bits per heavy atom. The smallest absolute Gasteiger partial charge is 0.255 e. The summed E-state index contributed by atoms with van der Waals surface area (Å²) in [5.41, 5.74) is 1.47. The molecule has 1 unspecified atom stereocenters. The molecule has 0 bridgehead atoms. The number of nitrogens with one attached hydrogen (secondary N) is 1. The van der Waals surface area contributed by atoms with Crippen molar-refractivity contribution in [2.24, 2.45) is 0 Å². The summed E-state index contributed by atoms with van der Waals surface area (Å²) in [5, 5.41) is 2.79. The molecule has 0 aliphatic carbocycles. The van der Waals surface area contributed by atoms with Gasteiger partial charge in [0, 0.05) is 17.7 Å². The van der Waals surface area contributed by atoms with E-state index in [-0.39, 0.29) is 17.8 Å². The van der Waals surface area contributed by atoms with Crippen molar-refractivity contribution in [3.63, 3.8) is 0 Å². The van der Waals surface area contributed by atoms with E-state index >= 15 is 0 Å². The van der Waals surface area contributed by atoms with Crippen molar-refractivity contribution in [2.45, 2.75) is 25.9 Å². The Labute approximate surface area is 147 Å². The SMILES string of the molecule is CC(=O)c1ccccc1NC(=O)c1cccc(OCC2CCCO2)c1. The molecular formula is C20H21NO4. The third-order valence-corrected chi connectivity index (χ3v) is 4.11. The van der Waals surface area contributed by atoms with Crippen LogP contribution in [0.15, 0.2) is 48.5 Å². The summed E-state index contributed by atoms with van der Waals surface area (Å²) in [6, 6.07) is 14.0. The Balaban J connectivity index is 1.68. The van der Waals surface area contributed by atoms with Crippen LogP contribution in [0.5, 0.6) is 5.75 Å². The number of rotatable bonds is 6. The van der Waals surface area contributed by atoms with Crippen LogP contribution >= 0.6 is 0 Å². The number of carbonyl (C=O) groups excluding carboxylic acids is 2. The number of para-hydroxylation sites is 1. The molecule has 3 rings (SSSR count). The van der Waals surface area contributed by atoms with Crippen molar-refractivity contribution in [2.75, 3.05) is 18.5 Å². The Bertz CT molecular complexity index is 766. The van der Waals surface area contributed by atoms with Crippen LogP contribution in [0.3, 0.4) is 0 Å². The molecule has 2 aromatic carbocycles. The van der Waals surface area contributed by atoms with Crippen LogP contribution in [0, 0.1) is 0 Å². The fourth-order valence-electron chi connectivity index (χ4n) is 2.79. The minimum absolute atomic E-state index is 0.0930.